The third-order valence-electron chi connectivity index (χ3n) is 3.41. The van der Waals surface area contributed by atoms with E-state index in [9.17, 15) is 8.42 Å². The van der Waals surface area contributed by atoms with Crippen LogP contribution in [0.3, 0.4) is 0 Å². The van der Waals surface area contributed by atoms with Gasteiger partial charge in [-0.15, -0.1) is 0 Å². The summed E-state index contributed by atoms with van der Waals surface area (Å²) >= 11 is 0. The summed E-state index contributed by atoms with van der Waals surface area (Å²) in [6, 6.07) is 1.94. The van der Waals surface area contributed by atoms with Crippen molar-refractivity contribution in [1.82, 2.24) is 0 Å². The largest absolute Gasteiger partial charge is 0.376 e. The summed E-state index contributed by atoms with van der Waals surface area (Å²) in [4.78, 5) is 0. The smallest absolute Gasteiger partial charge is 0.204 e. The zero-order valence-electron chi connectivity index (χ0n) is 8.61. The van der Waals surface area contributed by atoms with Crippen LogP contribution in [-0.2, 0) is 14.6 Å². The van der Waals surface area contributed by atoms with Crippen LogP contribution in [0.1, 0.15) is 32.1 Å². The first-order chi connectivity index (χ1) is 7.12. The van der Waals surface area contributed by atoms with E-state index >= 15 is 0 Å². The van der Waals surface area contributed by atoms with Crippen molar-refractivity contribution in [2.24, 2.45) is 0 Å². The highest BCUT2D eigenvalue weighted by Gasteiger charge is 2.54. The van der Waals surface area contributed by atoms with Gasteiger partial charge in [0.05, 0.1) is 24.5 Å². The van der Waals surface area contributed by atoms with E-state index in [0.717, 1.165) is 19.3 Å². The van der Waals surface area contributed by atoms with E-state index in [4.69, 9.17) is 10.00 Å². The summed E-state index contributed by atoms with van der Waals surface area (Å²) < 4.78 is 28.1. The lowest BCUT2D eigenvalue weighted by atomic mass is 10.0. The summed E-state index contributed by atoms with van der Waals surface area (Å²) in [6.07, 6.45) is 4.47. The Morgan fingerprint density at radius 1 is 1.20 bits per heavy atom. The molecule has 1 heterocycles. The van der Waals surface area contributed by atoms with Gasteiger partial charge in [0.25, 0.3) is 0 Å². The molecule has 0 N–H and O–H groups in total. The summed E-state index contributed by atoms with van der Waals surface area (Å²) in [5.74, 6) is 0. The van der Waals surface area contributed by atoms with Crippen LogP contribution in [0.5, 0.6) is 0 Å². The monoisotopic (exact) mass is 229 g/mol. The van der Waals surface area contributed by atoms with Crippen molar-refractivity contribution in [3.8, 4) is 6.07 Å². The molecule has 1 saturated carbocycles. The van der Waals surface area contributed by atoms with E-state index in [1.54, 1.807) is 0 Å². The summed E-state index contributed by atoms with van der Waals surface area (Å²) in [7, 11) is -3.32. The molecule has 0 unspecified atom stereocenters. The van der Waals surface area contributed by atoms with Crippen LogP contribution >= 0.6 is 0 Å². The summed E-state index contributed by atoms with van der Waals surface area (Å²) in [5.41, 5.74) is 0. The second kappa shape index (κ2) is 3.76. The minimum atomic E-state index is -3.32. The minimum absolute atomic E-state index is 0.0579. The van der Waals surface area contributed by atoms with Gasteiger partial charge in [-0.3, -0.25) is 0 Å². The average molecular weight is 229 g/mol. The Morgan fingerprint density at radius 2 is 1.80 bits per heavy atom. The van der Waals surface area contributed by atoms with Gasteiger partial charge in [0.2, 0.25) is 4.75 Å². The van der Waals surface area contributed by atoms with E-state index in [0.29, 0.717) is 12.8 Å². The zero-order valence-corrected chi connectivity index (χ0v) is 9.42. The van der Waals surface area contributed by atoms with E-state index < -0.39 is 14.6 Å². The number of ether oxygens (including phenoxy) is 1. The second-order valence-electron chi connectivity index (χ2n) is 4.40. The van der Waals surface area contributed by atoms with E-state index in [1.807, 2.05) is 6.07 Å². The Morgan fingerprint density at radius 3 is 2.20 bits per heavy atom. The lowest BCUT2D eigenvalue weighted by Crippen LogP contribution is -2.57. The van der Waals surface area contributed by atoms with Crippen LogP contribution in [0.25, 0.3) is 0 Å². The predicted molar refractivity (Wildman–Crippen MR) is 55.0 cm³/mol. The molecule has 84 valence electrons. The molecule has 5 heteroatoms. The molecule has 1 saturated heterocycles. The molecule has 0 radical (unpaired) electrons. The highest BCUT2D eigenvalue weighted by atomic mass is 32.2. The molecule has 1 aliphatic carbocycles. The Labute approximate surface area is 90.1 Å². The van der Waals surface area contributed by atoms with Crippen LogP contribution in [0.2, 0.25) is 0 Å². The van der Waals surface area contributed by atoms with Crippen molar-refractivity contribution >= 4 is 9.84 Å². The molecule has 0 atom stereocenters. The number of hydrogen-bond donors (Lipinski definition) is 0. The molecule has 0 amide bonds. The molecule has 0 aromatic rings. The maximum Gasteiger partial charge on any atom is 0.204 e. The van der Waals surface area contributed by atoms with Crippen LogP contribution in [0.15, 0.2) is 0 Å². The predicted octanol–water partition coefficient (Wildman–Crippen LogP) is 1.03. The molecule has 0 bridgehead atoms. The van der Waals surface area contributed by atoms with E-state index in [-0.39, 0.29) is 18.5 Å². The highest BCUT2D eigenvalue weighted by Crippen LogP contribution is 2.35. The third-order valence-corrected chi connectivity index (χ3v) is 6.18. The summed E-state index contributed by atoms with van der Waals surface area (Å²) in [6.45, 7) is 0.116. The topological polar surface area (TPSA) is 67.2 Å². The SMILES string of the molecule is N#CC1(S(=O)(=O)C2CCCCC2)COC1. The van der Waals surface area contributed by atoms with Gasteiger partial charge in [0.15, 0.2) is 9.84 Å². The van der Waals surface area contributed by atoms with Gasteiger partial charge < -0.3 is 4.74 Å². The van der Waals surface area contributed by atoms with Gasteiger partial charge in [0, 0.05) is 0 Å². The molecule has 2 rings (SSSR count). The Hall–Kier alpha value is -0.600. The normalized spacial score (nSPS) is 26.6. The van der Waals surface area contributed by atoms with Crippen molar-refractivity contribution in [3.63, 3.8) is 0 Å². The van der Waals surface area contributed by atoms with E-state index in [1.165, 1.54) is 0 Å². The second-order valence-corrected chi connectivity index (χ2v) is 6.94. The number of nitrogens with zero attached hydrogens (tertiary/aromatic N) is 1. The standard InChI is InChI=1S/C10H15NO3S/c11-6-10(7-14-8-10)15(12,13)9-4-2-1-3-5-9/h9H,1-5,7-8H2. The molecule has 1 aliphatic heterocycles. The van der Waals surface area contributed by atoms with Gasteiger partial charge in [0.1, 0.15) is 0 Å². The fourth-order valence-corrected chi connectivity index (χ4v) is 4.49. The lowest BCUT2D eigenvalue weighted by molar-refractivity contribution is 0.0109. The molecular weight excluding hydrogens is 214 g/mol. The van der Waals surface area contributed by atoms with Gasteiger partial charge in [-0.05, 0) is 12.8 Å². The molecule has 4 nitrogen and oxygen atoms in total. The first kappa shape index (κ1) is 10.9. The van der Waals surface area contributed by atoms with Crippen LogP contribution in [0.4, 0.5) is 0 Å². The first-order valence-corrected chi connectivity index (χ1v) is 6.89. The molecule has 2 aliphatic rings. The number of rotatable bonds is 2. The molecular formula is C10H15NO3S. The Bertz CT molecular complexity index is 372. The molecule has 0 aromatic carbocycles. The van der Waals surface area contributed by atoms with Crippen molar-refractivity contribution in [2.45, 2.75) is 42.1 Å². The fraction of sp³-hybridized carbons (Fsp3) is 0.900. The average Bonchev–Trinajstić information content (AvgIpc) is 2.18. The minimum Gasteiger partial charge on any atom is -0.376 e. The van der Waals surface area contributed by atoms with Crippen molar-refractivity contribution in [2.75, 3.05) is 13.2 Å². The molecule has 2 fully saturated rings. The van der Waals surface area contributed by atoms with Gasteiger partial charge in [-0.1, -0.05) is 19.3 Å². The van der Waals surface area contributed by atoms with Gasteiger partial charge in [-0.25, -0.2) is 8.42 Å². The zero-order chi connectivity index (χ0) is 10.9. The van der Waals surface area contributed by atoms with Crippen molar-refractivity contribution in [1.29, 1.82) is 5.26 Å². The Balaban J connectivity index is 2.22. The Kier molecular flexibility index (Phi) is 2.73. The molecule has 15 heavy (non-hydrogen) atoms. The van der Waals surface area contributed by atoms with Crippen LogP contribution in [0, 0.1) is 11.3 Å². The van der Waals surface area contributed by atoms with Crippen molar-refractivity contribution in [3.05, 3.63) is 0 Å². The maximum atomic E-state index is 12.2. The van der Waals surface area contributed by atoms with Crippen LogP contribution < -0.4 is 0 Å². The molecule has 0 spiro atoms. The van der Waals surface area contributed by atoms with Gasteiger partial charge in [-0.2, -0.15) is 5.26 Å². The van der Waals surface area contributed by atoms with Gasteiger partial charge >= 0.3 is 0 Å². The number of sulfone groups is 1. The fourth-order valence-electron chi connectivity index (χ4n) is 2.27. The quantitative estimate of drug-likeness (QED) is 0.709. The third kappa shape index (κ3) is 1.56. The first-order valence-electron chi connectivity index (χ1n) is 5.35. The van der Waals surface area contributed by atoms with Crippen LogP contribution in [-0.4, -0.2) is 31.6 Å². The number of nitriles is 1. The van der Waals surface area contributed by atoms with E-state index in [2.05, 4.69) is 0 Å². The highest BCUT2D eigenvalue weighted by molar-refractivity contribution is 7.93. The lowest BCUT2D eigenvalue weighted by Gasteiger charge is -2.38. The molecule has 0 aromatic heterocycles. The van der Waals surface area contributed by atoms with Crippen molar-refractivity contribution < 1.29 is 13.2 Å². The number of hydrogen-bond acceptors (Lipinski definition) is 4. The summed E-state index contributed by atoms with van der Waals surface area (Å²) in [5, 5.41) is 8.68. The maximum absolute atomic E-state index is 12.2.